The molecule has 128 valence electrons. The first-order chi connectivity index (χ1) is 9.67. The molecule has 1 aliphatic rings. The number of carbonyl (C=O) groups is 1. The van der Waals surface area contributed by atoms with Crippen LogP contribution < -0.4 is 10.6 Å². The number of nitrogens with one attached hydrogen (secondary N) is 2. The summed E-state index contributed by atoms with van der Waals surface area (Å²) >= 11 is 0. The zero-order valence-corrected chi connectivity index (χ0v) is 14.7. The molecule has 0 saturated carbocycles. The molecular formula is C14H26Cl2N4O2. The molecule has 8 heteroatoms. The molecule has 0 radical (unpaired) electrons. The normalized spacial score (nSPS) is 17.7. The molecule has 1 aromatic rings. The zero-order chi connectivity index (χ0) is 14.4. The number of amides is 1. The van der Waals surface area contributed by atoms with Crippen LogP contribution in [0.2, 0.25) is 0 Å². The fourth-order valence-corrected chi connectivity index (χ4v) is 2.69. The maximum absolute atomic E-state index is 12.2. The van der Waals surface area contributed by atoms with Gasteiger partial charge in [0, 0.05) is 31.5 Å². The largest absolute Gasteiger partial charge is 0.384 e. The summed E-state index contributed by atoms with van der Waals surface area (Å²) in [6.45, 7) is 5.16. The van der Waals surface area contributed by atoms with Crippen molar-refractivity contribution in [3.05, 3.63) is 18.5 Å². The van der Waals surface area contributed by atoms with Gasteiger partial charge in [0.15, 0.2) is 0 Å². The first kappa shape index (κ1) is 21.2. The molecule has 0 bridgehead atoms. The van der Waals surface area contributed by atoms with E-state index in [1.165, 1.54) is 0 Å². The van der Waals surface area contributed by atoms with Crippen molar-refractivity contribution in [2.75, 3.05) is 33.4 Å². The van der Waals surface area contributed by atoms with Crippen LogP contribution in [0.15, 0.2) is 18.5 Å². The Morgan fingerprint density at radius 3 is 2.68 bits per heavy atom. The number of halogens is 2. The second-order valence-corrected chi connectivity index (χ2v) is 5.56. The number of hydrogen-bond acceptors (Lipinski definition) is 4. The third-order valence-corrected chi connectivity index (χ3v) is 4.05. The van der Waals surface area contributed by atoms with Gasteiger partial charge in [0.2, 0.25) is 5.91 Å². The standard InChI is InChI=1S/C14H24N4O2.2ClH/c1-12(18-9-3-6-17-18)13(19)16-10-14(11-20-2)4-7-15-8-5-14;;/h3,6,9,12,15H,4-5,7-8,10-11H2,1-2H3,(H,16,19);2*1H. The summed E-state index contributed by atoms with van der Waals surface area (Å²) < 4.78 is 7.02. The summed E-state index contributed by atoms with van der Waals surface area (Å²) in [5, 5.41) is 10.5. The van der Waals surface area contributed by atoms with Crippen molar-refractivity contribution in [2.45, 2.75) is 25.8 Å². The fourth-order valence-electron chi connectivity index (χ4n) is 2.69. The van der Waals surface area contributed by atoms with E-state index in [0.717, 1.165) is 25.9 Å². The van der Waals surface area contributed by atoms with Crippen LogP contribution in [0.1, 0.15) is 25.8 Å². The lowest BCUT2D eigenvalue weighted by Gasteiger charge is -2.37. The number of nitrogens with zero attached hydrogens (tertiary/aromatic N) is 2. The first-order valence-corrected chi connectivity index (χ1v) is 7.13. The Kier molecular flexibility index (Phi) is 9.67. The van der Waals surface area contributed by atoms with Crippen LogP contribution in [0.25, 0.3) is 0 Å². The van der Waals surface area contributed by atoms with Crippen LogP contribution in [0.5, 0.6) is 0 Å². The van der Waals surface area contributed by atoms with Crippen LogP contribution in [0, 0.1) is 5.41 Å². The first-order valence-electron chi connectivity index (χ1n) is 7.13. The summed E-state index contributed by atoms with van der Waals surface area (Å²) in [4.78, 5) is 12.2. The summed E-state index contributed by atoms with van der Waals surface area (Å²) in [6.07, 6.45) is 5.54. The number of carbonyl (C=O) groups excluding carboxylic acids is 1. The SMILES string of the molecule is COCC1(CNC(=O)C(C)n2cccn2)CCNCC1.Cl.Cl. The van der Waals surface area contributed by atoms with Gasteiger partial charge in [0.05, 0.1) is 6.61 Å². The van der Waals surface area contributed by atoms with E-state index >= 15 is 0 Å². The average molecular weight is 353 g/mol. The lowest BCUT2D eigenvalue weighted by Crippen LogP contribution is -2.48. The molecule has 1 fully saturated rings. The van der Waals surface area contributed by atoms with Crippen LogP contribution in [0.3, 0.4) is 0 Å². The smallest absolute Gasteiger partial charge is 0.244 e. The highest BCUT2D eigenvalue weighted by Crippen LogP contribution is 2.28. The number of methoxy groups -OCH3 is 1. The fraction of sp³-hybridized carbons (Fsp3) is 0.714. The molecule has 0 aliphatic carbocycles. The van der Waals surface area contributed by atoms with Gasteiger partial charge in [-0.25, -0.2) is 0 Å². The number of hydrogen-bond donors (Lipinski definition) is 2. The van der Waals surface area contributed by atoms with E-state index in [2.05, 4.69) is 15.7 Å². The molecule has 0 spiro atoms. The molecule has 0 aromatic carbocycles. The molecule has 6 nitrogen and oxygen atoms in total. The molecule has 1 amide bonds. The third-order valence-electron chi connectivity index (χ3n) is 4.05. The van der Waals surface area contributed by atoms with Crippen molar-refractivity contribution in [1.29, 1.82) is 0 Å². The number of piperidine rings is 1. The molecular weight excluding hydrogens is 327 g/mol. The second kappa shape index (κ2) is 10.0. The topological polar surface area (TPSA) is 68.2 Å². The van der Waals surface area contributed by atoms with Crippen LogP contribution in [0.4, 0.5) is 0 Å². The van der Waals surface area contributed by atoms with Gasteiger partial charge in [-0.2, -0.15) is 5.10 Å². The summed E-state index contributed by atoms with van der Waals surface area (Å²) in [5.41, 5.74) is 0.0551. The predicted molar refractivity (Wildman–Crippen MR) is 90.9 cm³/mol. The van der Waals surface area contributed by atoms with Crippen molar-refractivity contribution in [1.82, 2.24) is 20.4 Å². The van der Waals surface area contributed by atoms with Crippen molar-refractivity contribution < 1.29 is 9.53 Å². The van der Waals surface area contributed by atoms with Gasteiger partial charge in [-0.05, 0) is 38.9 Å². The molecule has 1 aliphatic heterocycles. The Balaban J connectivity index is 0.00000220. The molecule has 2 rings (SSSR count). The minimum Gasteiger partial charge on any atom is -0.384 e. The van der Waals surface area contributed by atoms with Gasteiger partial charge in [-0.15, -0.1) is 24.8 Å². The second-order valence-electron chi connectivity index (χ2n) is 5.56. The quantitative estimate of drug-likeness (QED) is 0.812. The van der Waals surface area contributed by atoms with Gasteiger partial charge in [-0.1, -0.05) is 0 Å². The number of rotatable bonds is 6. The lowest BCUT2D eigenvalue weighted by atomic mass is 9.79. The van der Waals surface area contributed by atoms with E-state index in [1.807, 2.05) is 13.0 Å². The van der Waals surface area contributed by atoms with Gasteiger partial charge in [0.25, 0.3) is 0 Å². The van der Waals surface area contributed by atoms with Crippen molar-refractivity contribution in [2.24, 2.45) is 5.41 Å². The maximum Gasteiger partial charge on any atom is 0.244 e. The van der Waals surface area contributed by atoms with Crippen LogP contribution >= 0.6 is 24.8 Å². The molecule has 1 aromatic heterocycles. The van der Waals surface area contributed by atoms with Crippen molar-refractivity contribution in [3.63, 3.8) is 0 Å². The molecule has 2 N–H and O–H groups in total. The van der Waals surface area contributed by atoms with E-state index < -0.39 is 0 Å². The maximum atomic E-state index is 12.2. The van der Waals surface area contributed by atoms with Gasteiger partial charge in [-0.3, -0.25) is 9.48 Å². The highest BCUT2D eigenvalue weighted by atomic mass is 35.5. The molecule has 2 heterocycles. The van der Waals surface area contributed by atoms with Crippen LogP contribution in [-0.4, -0.2) is 49.0 Å². The van der Waals surface area contributed by atoms with E-state index in [4.69, 9.17) is 4.74 Å². The van der Waals surface area contributed by atoms with E-state index in [1.54, 1.807) is 24.2 Å². The zero-order valence-electron chi connectivity index (χ0n) is 13.1. The van der Waals surface area contributed by atoms with Gasteiger partial charge >= 0.3 is 0 Å². The molecule has 1 atom stereocenters. The molecule has 1 unspecified atom stereocenters. The summed E-state index contributed by atoms with van der Waals surface area (Å²) in [5.74, 6) is 0.00251. The lowest BCUT2D eigenvalue weighted by molar-refractivity contribution is -0.125. The number of ether oxygens (including phenoxy) is 1. The highest BCUT2D eigenvalue weighted by Gasteiger charge is 2.33. The minimum atomic E-state index is -0.286. The van der Waals surface area contributed by atoms with E-state index in [-0.39, 0.29) is 42.2 Å². The van der Waals surface area contributed by atoms with E-state index in [9.17, 15) is 4.79 Å². The predicted octanol–water partition coefficient (Wildman–Crippen LogP) is 1.42. The Labute approximate surface area is 144 Å². The Morgan fingerprint density at radius 2 is 2.14 bits per heavy atom. The van der Waals surface area contributed by atoms with Gasteiger partial charge in [0.1, 0.15) is 6.04 Å². The van der Waals surface area contributed by atoms with Crippen molar-refractivity contribution >= 4 is 30.7 Å². The average Bonchev–Trinajstić information content (AvgIpc) is 2.99. The third kappa shape index (κ3) is 5.43. The monoisotopic (exact) mass is 352 g/mol. The molecule has 1 saturated heterocycles. The highest BCUT2D eigenvalue weighted by molar-refractivity contribution is 5.85. The van der Waals surface area contributed by atoms with Gasteiger partial charge < -0.3 is 15.4 Å². The minimum absolute atomic E-state index is 0. The summed E-state index contributed by atoms with van der Waals surface area (Å²) in [6, 6.07) is 1.54. The van der Waals surface area contributed by atoms with Crippen molar-refractivity contribution in [3.8, 4) is 0 Å². The van der Waals surface area contributed by atoms with E-state index in [0.29, 0.717) is 13.2 Å². The summed E-state index contributed by atoms with van der Waals surface area (Å²) in [7, 11) is 1.72. The Bertz CT molecular complexity index is 417. The number of aromatic nitrogens is 2. The Morgan fingerprint density at radius 1 is 1.45 bits per heavy atom. The molecule has 22 heavy (non-hydrogen) atoms. The van der Waals surface area contributed by atoms with Crippen LogP contribution in [-0.2, 0) is 9.53 Å². The Hall–Kier alpha value is -0.820.